The number of aromatic carboxylic acids is 1. The van der Waals surface area contributed by atoms with Gasteiger partial charge in [0.1, 0.15) is 28.3 Å². The first-order valence-corrected chi connectivity index (χ1v) is 7.52. The number of phenols is 3. The van der Waals surface area contributed by atoms with Gasteiger partial charge in [0.15, 0.2) is 5.75 Å². The first kappa shape index (κ1) is 17.0. The van der Waals surface area contributed by atoms with Crippen LogP contribution in [0.4, 0.5) is 0 Å². The number of hydrogen-bond donors (Lipinski definition) is 5. The lowest BCUT2D eigenvalue weighted by atomic mass is 10.1. The minimum atomic E-state index is -1.30. The van der Waals surface area contributed by atoms with Crippen LogP contribution in [-0.2, 0) is 6.54 Å². The van der Waals surface area contributed by atoms with E-state index in [2.05, 4.69) is 10.3 Å². The molecule has 0 saturated heterocycles. The van der Waals surface area contributed by atoms with E-state index in [1.807, 2.05) is 0 Å². The number of fused-ring (bicyclic) bond motifs is 1. The van der Waals surface area contributed by atoms with Gasteiger partial charge in [-0.1, -0.05) is 12.1 Å². The molecule has 1 heterocycles. The van der Waals surface area contributed by atoms with Gasteiger partial charge < -0.3 is 25.7 Å². The summed E-state index contributed by atoms with van der Waals surface area (Å²) in [5.74, 6) is -2.65. The van der Waals surface area contributed by atoms with Crippen LogP contribution in [0.5, 0.6) is 17.2 Å². The van der Waals surface area contributed by atoms with Crippen molar-refractivity contribution in [3.63, 3.8) is 0 Å². The van der Waals surface area contributed by atoms with Crippen LogP contribution >= 0.6 is 0 Å². The quantitative estimate of drug-likeness (QED) is 0.482. The average molecular weight is 354 g/mol. The van der Waals surface area contributed by atoms with Crippen molar-refractivity contribution >= 4 is 22.8 Å². The van der Waals surface area contributed by atoms with E-state index in [4.69, 9.17) is 5.11 Å². The number of aromatic nitrogens is 1. The molecular formula is C18H14N2O6. The lowest BCUT2D eigenvalue weighted by Gasteiger charge is -2.09. The van der Waals surface area contributed by atoms with Crippen molar-refractivity contribution in [3.8, 4) is 17.2 Å². The van der Waals surface area contributed by atoms with Gasteiger partial charge in [-0.2, -0.15) is 0 Å². The smallest absolute Gasteiger partial charge is 0.339 e. The molecule has 5 N–H and O–H groups in total. The van der Waals surface area contributed by atoms with Gasteiger partial charge in [0.05, 0.1) is 0 Å². The summed E-state index contributed by atoms with van der Waals surface area (Å²) in [5, 5.41) is 41.1. The monoisotopic (exact) mass is 354 g/mol. The third-order valence-corrected chi connectivity index (χ3v) is 3.81. The van der Waals surface area contributed by atoms with Crippen LogP contribution in [0.15, 0.2) is 42.5 Å². The molecule has 8 nitrogen and oxygen atoms in total. The summed E-state index contributed by atoms with van der Waals surface area (Å²) in [6.45, 7) is -0.00812. The normalized spacial score (nSPS) is 10.6. The summed E-state index contributed by atoms with van der Waals surface area (Å²) in [6, 6.07) is 9.72. The number of phenolic OH excluding ortho intramolecular Hbond substituents is 2. The van der Waals surface area contributed by atoms with Crippen LogP contribution in [0, 0.1) is 0 Å². The molecule has 1 amide bonds. The molecule has 26 heavy (non-hydrogen) atoms. The molecule has 0 saturated carbocycles. The van der Waals surface area contributed by atoms with E-state index in [1.54, 1.807) is 6.07 Å². The molecule has 2 aromatic carbocycles. The predicted molar refractivity (Wildman–Crippen MR) is 91.3 cm³/mol. The highest BCUT2D eigenvalue weighted by atomic mass is 16.4. The number of carbonyl (C=O) groups excluding carboxylic acids is 1. The van der Waals surface area contributed by atoms with Gasteiger partial charge in [-0.25, -0.2) is 9.78 Å². The number of pyridine rings is 1. The SMILES string of the molecule is O=C(NCc1ccc(O)cc1O)c1ccc2ccc(C(=O)O)c(O)c2n1. The summed E-state index contributed by atoms with van der Waals surface area (Å²) in [4.78, 5) is 27.4. The lowest BCUT2D eigenvalue weighted by molar-refractivity contribution is 0.0693. The van der Waals surface area contributed by atoms with Crippen molar-refractivity contribution in [2.24, 2.45) is 0 Å². The van der Waals surface area contributed by atoms with Crippen molar-refractivity contribution in [3.05, 3.63) is 59.3 Å². The van der Waals surface area contributed by atoms with Crippen molar-refractivity contribution < 1.29 is 30.0 Å². The second kappa shape index (κ2) is 6.60. The molecule has 0 bridgehead atoms. The molecule has 132 valence electrons. The molecule has 3 rings (SSSR count). The number of rotatable bonds is 4. The second-order valence-electron chi connectivity index (χ2n) is 5.53. The van der Waals surface area contributed by atoms with Crippen LogP contribution in [0.3, 0.4) is 0 Å². The van der Waals surface area contributed by atoms with Crippen molar-refractivity contribution in [2.75, 3.05) is 0 Å². The van der Waals surface area contributed by atoms with Crippen LogP contribution in [0.2, 0.25) is 0 Å². The van der Waals surface area contributed by atoms with E-state index in [0.29, 0.717) is 10.9 Å². The lowest BCUT2D eigenvalue weighted by Crippen LogP contribution is -2.23. The van der Waals surface area contributed by atoms with Crippen LogP contribution < -0.4 is 5.32 Å². The Morgan fingerprint density at radius 3 is 2.42 bits per heavy atom. The topological polar surface area (TPSA) is 140 Å². The molecular weight excluding hydrogens is 340 g/mol. The van der Waals surface area contributed by atoms with E-state index >= 15 is 0 Å². The molecule has 0 aliphatic carbocycles. The van der Waals surface area contributed by atoms with Crippen molar-refractivity contribution in [2.45, 2.75) is 6.54 Å². The molecule has 0 aliphatic heterocycles. The number of aromatic hydroxyl groups is 3. The van der Waals surface area contributed by atoms with Crippen molar-refractivity contribution in [1.82, 2.24) is 10.3 Å². The maximum absolute atomic E-state index is 12.3. The standard InChI is InChI=1S/C18H14N2O6/c21-11-4-1-10(14(22)7-11)8-19-17(24)13-6-3-9-2-5-12(18(25)26)16(23)15(9)20-13/h1-7,21-23H,8H2,(H,19,24)(H,25,26). The molecule has 0 aliphatic rings. The molecule has 8 heteroatoms. The predicted octanol–water partition coefficient (Wildman–Crippen LogP) is 1.98. The Kier molecular flexibility index (Phi) is 4.32. The fraction of sp³-hybridized carbons (Fsp3) is 0.0556. The Labute approximate surface area is 147 Å². The van der Waals surface area contributed by atoms with Gasteiger partial charge in [0.2, 0.25) is 0 Å². The maximum atomic E-state index is 12.3. The number of benzene rings is 2. The highest BCUT2D eigenvalue weighted by Gasteiger charge is 2.16. The number of amides is 1. The van der Waals surface area contributed by atoms with E-state index in [9.17, 15) is 24.9 Å². The van der Waals surface area contributed by atoms with E-state index in [-0.39, 0.29) is 34.8 Å². The Morgan fingerprint density at radius 2 is 1.73 bits per heavy atom. The second-order valence-corrected chi connectivity index (χ2v) is 5.53. The third-order valence-electron chi connectivity index (χ3n) is 3.81. The summed E-state index contributed by atoms with van der Waals surface area (Å²) < 4.78 is 0. The summed E-state index contributed by atoms with van der Waals surface area (Å²) in [7, 11) is 0. The van der Waals surface area contributed by atoms with Gasteiger partial charge in [0.25, 0.3) is 5.91 Å². The molecule has 0 unspecified atom stereocenters. The molecule has 0 fully saturated rings. The molecule has 0 atom stereocenters. The first-order chi connectivity index (χ1) is 12.4. The number of nitrogens with zero attached hydrogens (tertiary/aromatic N) is 1. The number of hydrogen-bond acceptors (Lipinski definition) is 6. The Hall–Kier alpha value is -3.81. The fourth-order valence-electron chi connectivity index (χ4n) is 2.44. The van der Waals surface area contributed by atoms with Gasteiger partial charge in [-0.3, -0.25) is 4.79 Å². The Balaban J connectivity index is 1.86. The Bertz CT molecular complexity index is 1030. The zero-order chi connectivity index (χ0) is 18.8. The molecule has 3 aromatic rings. The van der Waals surface area contributed by atoms with Gasteiger partial charge in [-0.15, -0.1) is 0 Å². The molecule has 1 aromatic heterocycles. The third kappa shape index (κ3) is 3.20. The van der Waals surface area contributed by atoms with Crippen LogP contribution in [0.1, 0.15) is 26.4 Å². The minimum Gasteiger partial charge on any atom is -0.508 e. The first-order valence-electron chi connectivity index (χ1n) is 7.52. The number of carboxylic acids is 1. The van der Waals surface area contributed by atoms with Gasteiger partial charge >= 0.3 is 5.97 Å². The number of carboxylic acid groups (broad SMARTS) is 1. The van der Waals surface area contributed by atoms with E-state index in [1.165, 1.54) is 30.3 Å². The van der Waals surface area contributed by atoms with Crippen LogP contribution in [-0.4, -0.2) is 37.3 Å². The van der Waals surface area contributed by atoms with Crippen molar-refractivity contribution in [1.29, 1.82) is 0 Å². The zero-order valence-corrected chi connectivity index (χ0v) is 13.3. The average Bonchev–Trinajstić information content (AvgIpc) is 2.60. The zero-order valence-electron chi connectivity index (χ0n) is 13.3. The summed E-state index contributed by atoms with van der Waals surface area (Å²) in [5.41, 5.74) is 0.0724. The summed E-state index contributed by atoms with van der Waals surface area (Å²) >= 11 is 0. The largest absolute Gasteiger partial charge is 0.508 e. The highest BCUT2D eigenvalue weighted by Crippen LogP contribution is 2.27. The van der Waals surface area contributed by atoms with Crippen LogP contribution in [0.25, 0.3) is 10.9 Å². The van der Waals surface area contributed by atoms with E-state index < -0.39 is 17.6 Å². The van der Waals surface area contributed by atoms with E-state index in [0.717, 1.165) is 6.07 Å². The number of nitrogens with one attached hydrogen (secondary N) is 1. The minimum absolute atomic E-state index is 0.00466. The highest BCUT2D eigenvalue weighted by molar-refractivity contribution is 6.01. The molecule has 0 spiro atoms. The Morgan fingerprint density at radius 1 is 1.00 bits per heavy atom. The summed E-state index contributed by atoms with van der Waals surface area (Å²) in [6.07, 6.45) is 0. The maximum Gasteiger partial charge on any atom is 0.339 e. The number of carbonyl (C=O) groups is 2. The van der Waals surface area contributed by atoms with Gasteiger partial charge in [-0.05, 0) is 24.3 Å². The molecule has 0 radical (unpaired) electrons. The van der Waals surface area contributed by atoms with Gasteiger partial charge in [0, 0.05) is 23.6 Å². The fourth-order valence-corrected chi connectivity index (χ4v) is 2.44.